The van der Waals surface area contributed by atoms with Gasteiger partial charge in [0.05, 0.1) is 5.56 Å². The molecule has 8 nitrogen and oxygen atoms in total. The Kier molecular flexibility index (Phi) is 5.46. The molecular weight excluding hydrogens is 346 g/mol. The Morgan fingerprint density at radius 2 is 1.96 bits per heavy atom. The Balaban J connectivity index is 1.72. The van der Waals surface area contributed by atoms with E-state index in [1.807, 2.05) is 24.3 Å². The second-order valence-corrected chi connectivity index (χ2v) is 5.70. The fourth-order valence-corrected chi connectivity index (χ4v) is 2.48. The van der Waals surface area contributed by atoms with Crippen LogP contribution in [-0.2, 0) is 17.8 Å². The van der Waals surface area contributed by atoms with Crippen LogP contribution >= 0.6 is 0 Å². The van der Waals surface area contributed by atoms with Gasteiger partial charge in [-0.3, -0.25) is 0 Å². The van der Waals surface area contributed by atoms with Gasteiger partial charge < -0.3 is 20.9 Å². The third-order valence-corrected chi connectivity index (χ3v) is 3.76. The molecule has 0 unspecified atom stereocenters. The summed E-state index contributed by atoms with van der Waals surface area (Å²) in [6.07, 6.45) is 0.845. The van der Waals surface area contributed by atoms with Gasteiger partial charge in [-0.2, -0.15) is 15.0 Å². The summed E-state index contributed by atoms with van der Waals surface area (Å²) in [5, 5.41) is 12.6. The van der Waals surface area contributed by atoms with Crippen LogP contribution in [0.25, 0.3) is 0 Å². The van der Waals surface area contributed by atoms with Gasteiger partial charge in [-0.15, -0.1) is 0 Å². The summed E-state index contributed by atoms with van der Waals surface area (Å²) in [7, 11) is 0. The Morgan fingerprint density at radius 1 is 1.15 bits per heavy atom. The summed E-state index contributed by atoms with van der Waals surface area (Å²) in [6, 6.07) is 13.7. The molecule has 0 fully saturated rings. The lowest BCUT2D eigenvalue weighted by molar-refractivity contribution is 0.0461. The van der Waals surface area contributed by atoms with Crippen LogP contribution in [-0.4, -0.2) is 26.0 Å². The first-order valence-corrected chi connectivity index (χ1v) is 8.36. The summed E-state index contributed by atoms with van der Waals surface area (Å²) < 4.78 is 5.19. The van der Waals surface area contributed by atoms with Crippen LogP contribution in [0.5, 0.6) is 5.75 Å². The number of hydrogen-bond acceptors (Lipinski definition) is 8. The number of phenolic OH excluding ortho intramolecular Hbond substituents is 1. The van der Waals surface area contributed by atoms with Gasteiger partial charge in [-0.25, -0.2) is 4.79 Å². The molecule has 0 saturated heterocycles. The van der Waals surface area contributed by atoms with Crippen molar-refractivity contribution in [3.8, 4) is 5.75 Å². The van der Waals surface area contributed by atoms with Crippen LogP contribution in [0.2, 0.25) is 0 Å². The molecule has 0 aliphatic rings. The number of nitrogen functional groups attached to an aromatic ring is 1. The summed E-state index contributed by atoms with van der Waals surface area (Å²) in [5.41, 5.74) is 7.95. The standard InChI is InChI=1S/C19H19N5O3/c1-2-12-6-3-4-9-15(12)21-19-23-16(22-18(20)24-19)11-27-17(26)13-7-5-8-14(25)10-13/h3-10,25H,2,11H2,1H3,(H3,20,21,22,23,24). The molecule has 2 aromatic carbocycles. The second-order valence-electron chi connectivity index (χ2n) is 5.70. The van der Waals surface area contributed by atoms with Gasteiger partial charge in [0.2, 0.25) is 11.9 Å². The fraction of sp³-hybridized carbons (Fsp3) is 0.158. The van der Waals surface area contributed by atoms with E-state index in [9.17, 15) is 9.90 Å². The Hall–Kier alpha value is -3.68. The molecule has 4 N–H and O–H groups in total. The van der Waals surface area contributed by atoms with E-state index in [1.165, 1.54) is 12.1 Å². The Labute approximate surface area is 156 Å². The van der Waals surface area contributed by atoms with Crippen molar-refractivity contribution in [3.63, 3.8) is 0 Å². The SMILES string of the molecule is CCc1ccccc1Nc1nc(N)nc(COC(=O)c2cccc(O)c2)n1. The van der Waals surface area contributed by atoms with Gasteiger partial charge >= 0.3 is 5.97 Å². The van der Waals surface area contributed by atoms with Crippen molar-refractivity contribution in [2.75, 3.05) is 11.1 Å². The molecule has 0 bridgehead atoms. The number of aromatic nitrogens is 3. The fourth-order valence-electron chi connectivity index (χ4n) is 2.48. The van der Waals surface area contributed by atoms with E-state index in [1.54, 1.807) is 12.1 Å². The highest BCUT2D eigenvalue weighted by Gasteiger charge is 2.11. The summed E-state index contributed by atoms with van der Waals surface area (Å²) in [4.78, 5) is 24.4. The molecule has 0 saturated carbocycles. The quantitative estimate of drug-likeness (QED) is 0.570. The van der Waals surface area contributed by atoms with Gasteiger partial charge in [0.25, 0.3) is 0 Å². The molecule has 1 aromatic heterocycles. The lowest BCUT2D eigenvalue weighted by atomic mass is 10.1. The first-order chi connectivity index (χ1) is 13.0. The number of phenols is 1. The highest BCUT2D eigenvalue weighted by atomic mass is 16.5. The molecule has 3 aromatic rings. The van der Waals surface area contributed by atoms with E-state index in [0.717, 1.165) is 17.7 Å². The van der Waals surface area contributed by atoms with Crippen LogP contribution in [0.3, 0.4) is 0 Å². The van der Waals surface area contributed by atoms with E-state index in [0.29, 0.717) is 0 Å². The number of benzene rings is 2. The van der Waals surface area contributed by atoms with Crippen LogP contribution < -0.4 is 11.1 Å². The number of aryl methyl sites for hydroxylation is 1. The molecule has 1 heterocycles. The monoisotopic (exact) mass is 365 g/mol. The zero-order valence-corrected chi connectivity index (χ0v) is 14.7. The molecule has 0 aliphatic carbocycles. The highest BCUT2D eigenvalue weighted by molar-refractivity contribution is 5.89. The normalized spacial score (nSPS) is 10.4. The lowest BCUT2D eigenvalue weighted by Gasteiger charge is -2.11. The maximum absolute atomic E-state index is 12.1. The smallest absolute Gasteiger partial charge is 0.338 e. The number of hydrogen-bond donors (Lipinski definition) is 3. The molecule has 0 radical (unpaired) electrons. The molecule has 0 aliphatic heterocycles. The number of nitrogens with zero attached hydrogens (tertiary/aromatic N) is 3. The Bertz CT molecular complexity index is 962. The summed E-state index contributed by atoms with van der Waals surface area (Å²) in [5.74, 6) is -0.116. The number of nitrogens with two attached hydrogens (primary N) is 1. The first-order valence-electron chi connectivity index (χ1n) is 8.36. The number of aromatic hydroxyl groups is 1. The molecule has 3 rings (SSSR count). The number of para-hydroxylation sites is 1. The largest absolute Gasteiger partial charge is 0.508 e. The van der Waals surface area contributed by atoms with E-state index in [2.05, 4.69) is 27.2 Å². The van der Waals surface area contributed by atoms with Crippen LogP contribution in [0.15, 0.2) is 48.5 Å². The minimum Gasteiger partial charge on any atom is -0.508 e. The van der Waals surface area contributed by atoms with E-state index < -0.39 is 5.97 Å². The van der Waals surface area contributed by atoms with Gasteiger partial charge in [0.15, 0.2) is 12.4 Å². The number of nitrogens with one attached hydrogen (secondary N) is 1. The van der Waals surface area contributed by atoms with Crippen molar-refractivity contribution < 1.29 is 14.6 Å². The van der Waals surface area contributed by atoms with Crippen molar-refractivity contribution in [2.24, 2.45) is 0 Å². The average molecular weight is 365 g/mol. The number of ether oxygens (including phenoxy) is 1. The summed E-state index contributed by atoms with van der Waals surface area (Å²) >= 11 is 0. The van der Waals surface area contributed by atoms with Gasteiger partial charge in [0.1, 0.15) is 5.75 Å². The van der Waals surface area contributed by atoms with Crippen molar-refractivity contribution in [1.29, 1.82) is 0 Å². The van der Waals surface area contributed by atoms with Gasteiger partial charge in [-0.1, -0.05) is 31.2 Å². The zero-order chi connectivity index (χ0) is 19.2. The maximum atomic E-state index is 12.1. The number of anilines is 3. The highest BCUT2D eigenvalue weighted by Crippen LogP contribution is 2.19. The predicted molar refractivity (Wildman–Crippen MR) is 101 cm³/mol. The number of carbonyl (C=O) groups excluding carboxylic acids is 1. The van der Waals surface area contributed by atoms with Crippen molar-refractivity contribution in [1.82, 2.24) is 15.0 Å². The third kappa shape index (κ3) is 4.69. The van der Waals surface area contributed by atoms with Crippen LogP contribution in [0, 0.1) is 0 Å². The number of carbonyl (C=O) groups is 1. The minimum absolute atomic E-state index is 0.0184. The summed E-state index contributed by atoms with van der Waals surface area (Å²) in [6.45, 7) is 1.87. The van der Waals surface area contributed by atoms with Crippen LogP contribution in [0.4, 0.5) is 17.6 Å². The van der Waals surface area contributed by atoms with Crippen LogP contribution in [0.1, 0.15) is 28.7 Å². The van der Waals surface area contributed by atoms with Gasteiger partial charge in [-0.05, 0) is 36.2 Å². The number of esters is 1. The average Bonchev–Trinajstić information content (AvgIpc) is 2.66. The van der Waals surface area contributed by atoms with Crippen molar-refractivity contribution in [3.05, 3.63) is 65.5 Å². The van der Waals surface area contributed by atoms with E-state index in [-0.39, 0.29) is 35.6 Å². The molecular formula is C19H19N5O3. The third-order valence-electron chi connectivity index (χ3n) is 3.76. The van der Waals surface area contributed by atoms with E-state index in [4.69, 9.17) is 10.5 Å². The molecule has 8 heteroatoms. The topological polar surface area (TPSA) is 123 Å². The molecule has 138 valence electrons. The molecule has 0 atom stereocenters. The van der Waals surface area contributed by atoms with Crippen molar-refractivity contribution >= 4 is 23.6 Å². The lowest BCUT2D eigenvalue weighted by Crippen LogP contribution is -2.11. The Morgan fingerprint density at radius 3 is 2.74 bits per heavy atom. The first kappa shape index (κ1) is 18.1. The molecule has 0 spiro atoms. The zero-order valence-electron chi connectivity index (χ0n) is 14.7. The van der Waals surface area contributed by atoms with Gasteiger partial charge in [0, 0.05) is 5.69 Å². The second kappa shape index (κ2) is 8.13. The minimum atomic E-state index is -0.601. The van der Waals surface area contributed by atoms with E-state index >= 15 is 0 Å². The number of rotatable bonds is 6. The molecule has 27 heavy (non-hydrogen) atoms. The predicted octanol–water partition coefficient (Wildman–Crippen LogP) is 2.82. The van der Waals surface area contributed by atoms with Crippen molar-refractivity contribution in [2.45, 2.75) is 20.0 Å². The molecule has 0 amide bonds. The maximum Gasteiger partial charge on any atom is 0.338 e.